The van der Waals surface area contributed by atoms with Crippen molar-refractivity contribution in [2.24, 2.45) is 5.41 Å². The number of likely N-dealkylation sites (tertiary alicyclic amines) is 1. The van der Waals surface area contributed by atoms with Gasteiger partial charge in [0.15, 0.2) is 0 Å². The van der Waals surface area contributed by atoms with Crippen LogP contribution < -0.4 is 0 Å². The van der Waals surface area contributed by atoms with E-state index in [4.69, 9.17) is 10.00 Å². The normalized spacial score (nSPS) is 23.6. The second kappa shape index (κ2) is 4.84. The quantitative estimate of drug-likeness (QED) is 0.808. The monoisotopic (exact) mass is 254 g/mol. The highest BCUT2D eigenvalue weighted by atomic mass is 16.6. The number of carboxylic acid groups (broad SMARTS) is 1. The van der Waals surface area contributed by atoms with Crippen LogP contribution in [0.15, 0.2) is 0 Å². The number of rotatable bonds is 2. The first-order chi connectivity index (χ1) is 8.20. The van der Waals surface area contributed by atoms with E-state index in [1.54, 1.807) is 20.8 Å². The number of ether oxygens (including phenoxy) is 1. The molecule has 1 amide bonds. The molecule has 1 aliphatic rings. The number of carboxylic acids is 1. The number of aliphatic carboxylic acids is 1. The maximum absolute atomic E-state index is 11.8. The Balaban J connectivity index is 2.73. The predicted molar refractivity (Wildman–Crippen MR) is 62.7 cm³/mol. The first-order valence-corrected chi connectivity index (χ1v) is 5.78. The van der Waals surface area contributed by atoms with Crippen molar-refractivity contribution in [3.05, 3.63) is 0 Å². The van der Waals surface area contributed by atoms with Crippen LogP contribution in [0.5, 0.6) is 0 Å². The first kappa shape index (κ1) is 14.3. The van der Waals surface area contributed by atoms with Gasteiger partial charge in [0.2, 0.25) is 0 Å². The number of nitriles is 1. The van der Waals surface area contributed by atoms with Gasteiger partial charge >= 0.3 is 12.1 Å². The maximum atomic E-state index is 11.8. The highest BCUT2D eigenvalue weighted by Gasteiger charge is 2.47. The van der Waals surface area contributed by atoms with Crippen LogP contribution in [0.4, 0.5) is 4.79 Å². The van der Waals surface area contributed by atoms with E-state index in [2.05, 4.69) is 0 Å². The summed E-state index contributed by atoms with van der Waals surface area (Å²) in [6.45, 7) is 5.59. The summed E-state index contributed by atoms with van der Waals surface area (Å²) >= 11 is 0. The molecule has 0 aliphatic carbocycles. The van der Waals surface area contributed by atoms with Gasteiger partial charge in [0.25, 0.3) is 0 Å². The van der Waals surface area contributed by atoms with Crippen LogP contribution in [-0.4, -0.2) is 40.8 Å². The van der Waals surface area contributed by atoms with Gasteiger partial charge < -0.3 is 14.7 Å². The van der Waals surface area contributed by atoms with Gasteiger partial charge in [-0.05, 0) is 27.2 Å². The Hall–Kier alpha value is -1.77. The van der Waals surface area contributed by atoms with Crippen LogP contribution in [0.3, 0.4) is 0 Å². The highest BCUT2D eigenvalue weighted by Crippen LogP contribution is 2.34. The molecule has 1 N–H and O–H groups in total. The number of hydrogen-bond acceptors (Lipinski definition) is 4. The number of hydrogen-bond donors (Lipinski definition) is 1. The molecule has 1 atom stereocenters. The molecule has 0 aromatic rings. The zero-order chi connectivity index (χ0) is 14.0. The summed E-state index contributed by atoms with van der Waals surface area (Å²) in [4.78, 5) is 24.4. The molecule has 1 saturated heterocycles. The summed E-state index contributed by atoms with van der Waals surface area (Å²) in [7, 11) is 0. The van der Waals surface area contributed by atoms with Crippen LogP contribution in [0.2, 0.25) is 0 Å². The first-order valence-electron chi connectivity index (χ1n) is 5.78. The fourth-order valence-corrected chi connectivity index (χ4v) is 1.90. The summed E-state index contributed by atoms with van der Waals surface area (Å²) in [6.07, 6.45) is -0.333. The molecule has 0 aromatic carbocycles. The van der Waals surface area contributed by atoms with Crippen molar-refractivity contribution in [1.82, 2.24) is 4.90 Å². The maximum Gasteiger partial charge on any atom is 0.410 e. The minimum absolute atomic E-state index is 0.0325. The molecule has 1 heterocycles. The standard InChI is InChI=1S/C12H18N2O4/c1-11(2,3)18-10(17)14-7-5-12(8-14,4-6-13)9(15)16/h4-5,7-8H2,1-3H3,(H,15,16). The van der Waals surface area contributed by atoms with E-state index in [0.717, 1.165) is 0 Å². The smallest absolute Gasteiger partial charge is 0.410 e. The predicted octanol–water partition coefficient (Wildman–Crippen LogP) is 1.61. The molecular formula is C12H18N2O4. The fourth-order valence-electron chi connectivity index (χ4n) is 1.90. The minimum Gasteiger partial charge on any atom is -0.481 e. The largest absolute Gasteiger partial charge is 0.481 e. The van der Waals surface area contributed by atoms with Crippen LogP contribution in [-0.2, 0) is 9.53 Å². The Kier molecular flexibility index (Phi) is 3.85. The van der Waals surface area contributed by atoms with Gasteiger partial charge in [-0.15, -0.1) is 0 Å². The fraction of sp³-hybridized carbons (Fsp3) is 0.750. The average molecular weight is 254 g/mol. The van der Waals surface area contributed by atoms with Gasteiger partial charge in [-0.2, -0.15) is 5.26 Å². The van der Waals surface area contributed by atoms with Crippen molar-refractivity contribution in [1.29, 1.82) is 5.26 Å². The van der Waals surface area contributed by atoms with Crippen molar-refractivity contribution in [3.63, 3.8) is 0 Å². The molecule has 100 valence electrons. The second-order valence-corrected chi connectivity index (χ2v) is 5.57. The van der Waals surface area contributed by atoms with Crippen LogP contribution in [0.25, 0.3) is 0 Å². The molecule has 0 bridgehead atoms. The lowest BCUT2D eigenvalue weighted by atomic mass is 9.84. The molecule has 0 aromatic heterocycles. The molecule has 1 rings (SSSR count). The lowest BCUT2D eigenvalue weighted by Crippen LogP contribution is -2.39. The third kappa shape index (κ3) is 3.13. The number of nitrogens with zero attached hydrogens (tertiary/aromatic N) is 2. The molecule has 18 heavy (non-hydrogen) atoms. The Morgan fingerprint density at radius 1 is 1.50 bits per heavy atom. The summed E-state index contributed by atoms with van der Waals surface area (Å²) in [5.41, 5.74) is -1.76. The Morgan fingerprint density at radius 3 is 2.56 bits per heavy atom. The topological polar surface area (TPSA) is 90.6 Å². The summed E-state index contributed by atoms with van der Waals surface area (Å²) < 4.78 is 5.18. The number of carbonyl (C=O) groups is 2. The van der Waals surface area contributed by atoms with Crippen LogP contribution >= 0.6 is 0 Å². The van der Waals surface area contributed by atoms with E-state index < -0.39 is 23.1 Å². The summed E-state index contributed by atoms with van der Waals surface area (Å²) in [5, 5.41) is 17.9. The van der Waals surface area contributed by atoms with Gasteiger partial charge in [0.1, 0.15) is 11.0 Å². The molecular weight excluding hydrogens is 236 g/mol. The third-order valence-electron chi connectivity index (χ3n) is 2.88. The van der Waals surface area contributed by atoms with E-state index in [9.17, 15) is 14.7 Å². The lowest BCUT2D eigenvalue weighted by Gasteiger charge is -2.25. The van der Waals surface area contributed by atoms with E-state index in [1.165, 1.54) is 4.90 Å². The number of amides is 1. The average Bonchev–Trinajstić information content (AvgIpc) is 2.61. The summed E-state index contributed by atoms with van der Waals surface area (Å²) in [6, 6.07) is 1.88. The van der Waals surface area contributed by atoms with Crippen molar-refractivity contribution in [3.8, 4) is 6.07 Å². The van der Waals surface area contributed by atoms with Gasteiger partial charge in [-0.3, -0.25) is 4.79 Å². The molecule has 0 spiro atoms. The summed E-state index contributed by atoms with van der Waals surface area (Å²) in [5.74, 6) is -1.03. The van der Waals surface area contributed by atoms with E-state index in [0.29, 0.717) is 6.54 Å². The Morgan fingerprint density at radius 2 is 2.11 bits per heavy atom. The molecule has 1 aliphatic heterocycles. The van der Waals surface area contributed by atoms with Gasteiger partial charge in [-0.25, -0.2) is 4.79 Å². The van der Waals surface area contributed by atoms with Crippen molar-refractivity contribution < 1.29 is 19.4 Å². The highest BCUT2D eigenvalue weighted by molar-refractivity contribution is 5.78. The van der Waals surface area contributed by atoms with Crippen molar-refractivity contribution >= 4 is 12.1 Å². The van der Waals surface area contributed by atoms with E-state index >= 15 is 0 Å². The van der Waals surface area contributed by atoms with Crippen molar-refractivity contribution in [2.45, 2.75) is 39.2 Å². The minimum atomic E-state index is -1.15. The zero-order valence-electron chi connectivity index (χ0n) is 10.9. The number of carbonyl (C=O) groups excluding carboxylic acids is 1. The van der Waals surface area contributed by atoms with Gasteiger partial charge in [-0.1, -0.05) is 0 Å². The Bertz CT molecular complexity index is 394. The lowest BCUT2D eigenvalue weighted by molar-refractivity contribution is -0.147. The molecule has 1 unspecified atom stereocenters. The van der Waals surface area contributed by atoms with Gasteiger partial charge in [0, 0.05) is 13.1 Å². The van der Waals surface area contributed by atoms with Crippen LogP contribution in [0.1, 0.15) is 33.6 Å². The second-order valence-electron chi connectivity index (χ2n) is 5.57. The molecule has 0 saturated carbocycles. The molecule has 0 radical (unpaired) electrons. The SMILES string of the molecule is CC(C)(C)OC(=O)N1CCC(CC#N)(C(=O)O)C1. The zero-order valence-corrected chi connectivity index (χ0v) is 10.9. The van der Waals surface area contributed by atoms with Crippen molar-refractivity contribution in [2.75, 3.05) is 13.1 Å². The Labute approximate surface area is 106 Å². The van der Waals surface area contributed by atoms with E-state index in [-0.39, 0.29) is 19.4 Å². The van der Waals surface area contributed by atoms with Gasteiger partial charge in [0.05, 0.1) is 12.5 Å². The third-order valence-corrected chi connectivity index (χ3v) is 2.88. The molecule has 1 fully saturated rings. The van der Waals surface area contributed by atoms with E-state index in [1.807, 2.05) is 6.07 Å². The molecule has 6 heteroatoms. The van der Waals surface area contributed by atoms with Crippen LogP contribution in [0, 0.1) is 16.7 Å². The molecule has 6 nitrogen and oxygen atoms in total.